The zero-order valence-electron chi connectivity index (χ0n) is 7.09. The van der Waals surface area contributed by atoms with Crippen molar-refractivity contribution in [1.82, 2.24) is 0 Å². The molecule has 1 fully saturated rings. The van der Waals surface area contributed by atoms with Crippen molar-refractivity contribution in [1.29, 1.82) is 0 Å². The van der Waals surface area contributed by atoms with E-state index in [0.29, 0.717) is 0 Å². The van der Waals surface area contributed by atoms with Gasteiger partial charge in [-0.05, 0) is 36.3 Å². The van der Waals surface area contributed by atoms with Crippen LogP contribution in [-0.2, 0) is 0 Å². The molecule has 2 aliphatic rings. The number of anilines is 1. The first-order valence-electron chi connectivity index (χ1n) is 4.78. The molecule has 0 bridgehead atoms. The minimum atomic E-state index is 0.877. The van der Waals surface area contributed by atoms with E-state index in [-0.39, 0.29) is 0 Å². The van der Waals surface area contributed by atoms with Gasteiger partial charge < -0.3 is 5.32 Å². The van der Waals surface area contributed by atoms with E-state index in [4.69, 9.17) is 0 Å². The van der Waals surface area contributed by atoms with Gasteiger partial charge in [0.1, 0.15) is 0 Å². The summed E-state index contributed by atoms with van der Waals surface area (Å²) in [4.78, 5) is 0. The molecular weight excluding hydrogens is 146 g/mol. The summed E-state index contributed by atoms with van der Waals surface area (Å²) in [6.07, 6.45) is 2.83. The summed E-state index contributed by atoms with van der Waals surface area (Å²) in [5, 5.41) is 3.49. The highest BCUT2D eigenvalue weighted by molar-refractivity contribution is 5.56. The molecule has 2 atom stereocenters. The monoisotopic (exact) mass is 159 g/mol. The van der Waals surface area contributed by atoms with Crippen LogP contribution in [0.1, 0.15) is 24.3 Å². The first kappa shape index (κ1) is 6.53. The molecule has 12 heavy (non-hydrogen) atoms. The summed E-state index contributed by atoms with van der Waals surface area (Å²) < 4.78 is 0. The lowest BCUT2D eigenvalue weighted by molar-refractivity contribution is 0.262. The molecule has 1 saturated carbocycles. The minimum Gasteiger partial charge on any atom is -0.385 e. The van der Waals surface area contributed by atoms with E-state index >= 15 is 0 Å². The van der Waals surface area contributed by atoms with Gasteiger partial charge in [0.05, 0.1) is 0 Å². The van der Waals surface area contributed by atoms with Crippen LogP contribution in [0.15, 0.2) is 24.3 Å². The number of benzene rings is 1. The third-order valence-corrected chi connectivity index (χ3v) is 3.33. The van der Waals surface area contributed by atoms with Gasteiger partial charge in [-0.25, -0.2) is 0 Å². The molecule has 0 amide bonds. The number of para-hydroxylation sites is 1. The lowest BCUT2D eigenvalue weighted by Gasteiger charge is -2.42. The summed E-state index contributed by atoms with van der Waals surface area (Å²) in [5.41, 5.74) is 2.93. The molecule has 1 aliphatic carbocycles. The Balaban J connectivity index is 2.07. The Morgan fingerprint density at radius 3 is 2.92 bits per heavy atom. The fraction of sp³-hybridized carbons (Fsp3) is 0.455. The van der Waals surface area contributed by atoms with Gasteiger partial charge in [0.15, 0.2) is 0 Å². The average molecular weight is 159 g/mol. The van der Waals surface area contributed by atoms with E-state index in [9.17, 15) is 0 Å². The molecule has 0 radical (unpaired) electrons. The Hall–Kier alpha value is -0.980. The fourth-order valence-electron chi connectivity index (χ4n) is 2.45. The van der Waals surface area contributed by atoms with E-state index in [1.165, 1.54) is 25.1 Å². The molecule has 1 N–H and O–H groups in total. The number of hydrogen-bond acceptors (Lipinski definition) is 1. The van der Waals surface area contributed by atoms with Gasteiger partial charge in [-0.1, -0.05) is 18.2 Å². The second-order valence-corrected chi connectivity index (χ2v) is 3.91. The van der Waals surface area contributed by atoms with Gasteiger partial charge in [0.2, 0.25) is 0 Å². The van der Waals surface area contributed by atoms with E-state index in [0.717, 1.165) is 11.8 Å². The summed E-state index contributed by atoms with van der Waals surface area (Å²) in [6, 6.07) is 8.74. The van der Waals surface area contributed by atoms with Gasteiger partial charge in [-0.3, -0.25) is 0 Å². The molecule has 1 aliphatic heterocycles. The quantitative estimate of drug-likeness (QED) is 0.613. The maximum absolute atomic E-state index is 3.49. The highest BCUT2D eigenvalue weighted by Crippen LogP contribution is 2.47. The summed E-state index contributed by atoms with van der Waals surface area (Å²) in [6.45, 7) is 1.20. The number of fused-ring (bicyclic) bond motifs is 3. The van der Waals surface area contributed by atoms with Gasteiger partial charge >= 0.3 is 0 Å². The highest BCUT2D eigenvalue weighted by atomic mass is 14.9. The second-order valence-electron chi connectivity index (χ2n) is 3.91. The number of nitrogens with one attached hydrogen (secondary N) is 1. The predicted octanol–water partition coefficient (Wildman–Crippen LogP) is 2.61. The summed E-state index contributed by atoms with van der Waals surface area (Å²) in [5.74, 6) is 1.81. The summed E-state index contributed by atoms with van der Waals surface area (Å²) in [7, 11) is 0. The summed E-state index contributed by atoms with van der Waals surface area (Å²) >= 11 is 0. The predicted molar refractivity (Wildman–Crippen MR) is 50.4 cm³/mol. The van der Waals surface area contributed by atoms with Gasteiger partial charge in [-0.2, -0.15) is 0 Å². The Morgan fingerprint density at radius 1 is 1.17 bits per heavy atom. The Bertz CT molecular complexity index is 306. The van der Waals surface area contributed by atoms with Crippen molar-refractivity contribution < 1.29 is 0 Å². The van der Waals surface area contributed by atoms with Crippen LogP contribution in [-0.4, -0.2) is 6.54 Å². The van der Waals surface area contributed by atoms with Crippen molar-refractivity contribution in [2.75, 3.05) is 11.9 Å². The lowest BCUT2D eigenvalue weighted by atomic mass is 9.68. The first-order chi connectivity index (χ1) is 5.95. The van der Waals surface area contributed by atoms with Gasteiger partial charge in [0, 0.05) is 12.2 Å². The third kappa shape index (κ3) is 0.739. The van der Waals surface area contributed by atoms with Crippen molar-refractivity contribution >= 4 is 5.69 Å². The normalized spacial score (nSPS) is 31.0. The first-order valence-corrected chi connectivity index (χ1v) is 4.78. The largest absolute Gasteiger partial charge is 0.385 e. The fourth-order valence-corrected chi connectivity index (χ4v) is 2.45. The molecule has 0 aromatic heterocycles. The third-order valence-electron chi connectivity index (χ3n) is 3.33. The van der Waals surface area contributed by atoms with Crippen LogP contribution in [0.2, 0.25) is 0 Å². The van der Waals surface area contributed by atoms with E-state index in [1.807, 2.05) is 0 Å². The number of hydrogen-bond donors (Lipinski definition) is 1. The second kappa shape index (κ2) is 2.25. The molecule has 1 aromatic carbocycles. The maximum atomic E-state index is 3.49. The maximum Gasteiger partial charge on any atom is 0.0375 e. The van der Waals surface area contributed by atoms with Crippen molar-refractivity contribution in [3.63, 3.8) is 0 Å². The molecule has 1 unspecified atom stereocenters. The molecule has 0 saturated heterocycles. The van der Waals surface area contributed by atoms with Crippen molar-refractivity contribution in [2.45, 2.75) is 18.8 Å². The SMILES string of the molecule is c1ccc2c(c1)NC[C@H]1CCC21. The van der Waals surface area contributed by atoms with Crippen LogP contribution in [0.5, 0.6) is 0 Å². The zero-order valence-corrected chi connectivity index (χ0v) is 7.09. The Labute approximate surface area is 72.8 Å². The topological polar surface area (TPSA) is 12.0 Å². The molecule has 62 valence electrons. The van der Waals surface area contributed by atoms with Crippen LogP contribution in [0.4, 0.5) is 5.69 Å². The highest BCUT2D eigenvalue weighted by Gasteiger charge is 2.35. The standard InChI is InChI=1S/C11H13N/c1-2-4-11-10(3-1)9-6-5-8(9)7-12-11/h1-4,8-9,12H,5-7H2/t8-,9?/m1/s1. The molecule has 1 heteroatoms. The van der Waals surface area contributed by atoms with Gasteiger partial charge in [-0.15, -0.1) is 0 Å². The van der Waals surface area contributed by atoms with Crippen LogP contribution in [0.3, 0.4) is 0 Å². The lowest BCUT2D eigenvalue weighted by Crippen LogP contribution is -2.34. The van der Waals surface area contributed by atoms with Crippen LogP contribution < -0.4 is 5.32 Å². The van der Waals surface area contributed by atoms with Crippen LogP contribution in [0, 0.1) is 5.92 Å². The Kier molecular flexibility index (Phi) is 1.23. The molecular formula is C11H13N. The van der Waals surface area contributed by atoms with Crippen LogP contribution in [0.25, 0.3) is 0 Å². The number of rotatable bonds is 0. The molecule has 3 rings (SSSR count). The van der Waals surface area contributed by atoms with Crippen molar-refractivity contribution in [2.24, 2.45) is 5.92 Å². The van der Waals surface area contributed by atoms with Gasteiger partial charge in [0.25, 0.3) is 0 Å². The van der Waals surface area contributed by atoms with E-state index in [2.05, 4.69) is 29.6 Å². The smallest absolute Gasteiger partial charge is 0.0375 e. The molecule has 1 aromatic rings. The van der Waals surface area contributed by atoms with Crippen LogP contribution >= 0.6 is 0 Å². The Morgan fingerprint density at radius 2 is 2.08 bits per heavy atom. The molecule has 1 heterocycles. The molecule has 0 spiro atoms. The zero-order chi connectivity index (χ0) is 7.97. The van der Waals surface area contributed by atoms with E-state index in [1.54, 1.807) is 5.56 Å². The average Bonchev–Trinajstić information content (AvgIpc) is 2.05. The minimum absolute atomic E-state index is 0.877. The van der Waals surface area contributed by atoms with Crippen molar-refractivity contribution in [3.05, 3.63) is 29.8 Å². The van der Waals surface area contributed by atoms with E-state index < -0.39 is 0 Å². The molecule has 1 nitrogen and oxygen atoms in total. The van der Waals surface area contributed by atoms with Crippen molar-refractivity contribution in [3.8, 4) is 0 Å².